The number of nitrogens with one attached hydrogen (secondary N) is 1. The van der Waals surface area contributed by atoms with Crippen LogP contribution < -0.4 is 11.1 Å². The summed E-state index contributed by atoms with van der Waals surface area (Å²) in [5, 5.41) is 2.19. The van der Waals surface area contributed by atoms with Crippen molar-refractivity contribution < 1.29 is 22.4 Å². The number of amides is 1. The number of carbonyl (C=O) groups excluding carboxylic acids is 1. The van der Waals surface area contributed by atoms with E-state index >= 15 is 0 Å². The van der Waals surface area contributed by atoms with Crippen LogP contribution in [0.5, 0.6) is 0 Å². The summed E-state index contributed by atoms with van der Waals surface area (Å²) in [6.07, 6.45) is -6.33. The Balaban J connectivity index is 2.65. The van der Waals surface area contributed by atoms with Crippen molar-refractivity contribution in [2.24, 2.45) is 5.73 Å². The van der Waals surface area contributed by atoms with E-state index in [4.69, 9.17) is 5.73 Å². The number of benzene rings is 1. The van der Waals surface area contributed by atoms with Crippen LogP contribution in [0.4, 0.5) is 23.2 Å². The van der Waals surface area contributed by atoms with Crippen LogP contribution in [0.2, 0.25) is 0 Å². The summed E-state index contributed by atoms with van der Waals surface area (Å²) in [4.78, 5) is 11.2. The van der Waals surface area contributed by atoms with Crippen LogP contribution in [-0.2, 0) is 4.79 Å². The summed E-state index contributed by atoms with van der Waals surface area (Å²) < 4.78 is 49.3. The van der Waals surface area contributed by atoms with E-state index in [1.54, 1.807) is 0 Å². The quantitative estimate of drug-likeness (QED) is 0.663. The lowest BCUT2D eigenvalue weighted by atomic mass is 10.2. The monoisotopic (exact) mass is 288 g/mol. The standard InChI is InChI=1S/C13H12F4N2O/c14-11-8-10(4-3-9(11)2-1-7-18)19-12(20)5-6-13(15,16)17/h3-4,8H,5-7,18H2,(H,19,20). The first-order chi connectivity index (χ1) is 9.31. The number of halogens is 4. The molecule has 3 nitrogen and oxygen atoms in total. The summed E-state index contributed by atoms with van der Waals surface area (Å²) >= 11 is 0. The Labute approximate surface area is 113 Å². The molecule has 1 aromatic carbocycles. The van der Waals surface area contributed by atoms with Gasteiger partial charge in [-0.25, -0.2) is 4.39 Å². The second kappa shape index (κ2) is 6.91. The molecule has 7 heteroatoms. The predicted octanol–water partition coefficient (Wildman–Crippen LogP) is 2.42. The highest BCUT2D eigenvalue weighted by Gasteiger charge is 2.27. The molecule has 0 heterocycles. The molecule has 1 aromatic rings. The lowest BCUT2D eigenvalue weighted by molar-refractivity contribution is -0.142. The van der Waals surface area contributed by atoms with Gasteiger partial charge >= 0.3 is 6.18 Å². The van der Waals surface area contributed by atoms with Gasteiger partial charge in [0.15, 0.2) is 0 Å². The van der Waals surface area contributed by atoms with Gasteiger partial charge < -0.3 is 11.1 Å². The van der Waals surface area contributed by atoms with Gasteiger partial charge in [0, 0.05) is 12.1 Å². The van der Waals surface area contributed by atoms with Gasteiger partial charge in [-0.05, 0) is 18.2 Å². The minimum Gasteiger partial charge on any atom is -0.326 e. The van der Waals surface area contributed by atoms with E-state index < -0.39 is 30.7 Å². The van der Waals surface area contributed by atoms with Crippen molar-refractivity contribution in [2.45, 2.75) is 19.0 Å². The Morgan fingerprint density at radius 3 is 2.60 bits per heavy atom. The van der Waals surface area contributed by atoms with Gasteiger partial charge in [0.2, 0.25) is 5.91 Å². The molecule has 0 fully saturated rings. The van der Waals surface area contributed by atoms with Crippen LogP contribution in [-0.4, -0.2) is 18.6 Å². The lowest BCUT2D eigenvalue weighted by Gasteiger charge is -2.08. The highest BCUT2D eigenvalue weighted by atomic mass is 19.4. The molecule has 0 atom stereocenters. The van der Waals surface area contributed by atoms with Gasteiger partial charge in [0.05, 0.1) is 18.5 Å². The van der Waals surface area contributed by atoms with E-state index in [0.29, 0.717) is 0 Å². The van der Waals surface area contributed by atoms with Crippen molar-refractivity contribution in [3.8, 4) is 11.8 Å². The lowest BCUT2D eigenvalue weighted by Crippen LogP contribution is -2.16. The number of hydrogen-bond acceptors (Lipinski definition) is 2. The van der Waals surface area contributed by atoms with Crippen LogP contribution in [0, 0.1) is 17.7 Å². The number of alkyl halides is 3. The molecule has 0 spiro atoms. The van der Waals surface area contributed by atoms with Gasteiger partial charge in [-0.15, -0.1) is 0 Å². The summed E-state index contributed by atoms with van der Waals surface area (Å²) in [7, 11) is 0. The van der Waals surface area contributed by atoms with Gasteiger partial charge in [0.25, 0.3) is 0 Å². The molecule has 0 saturated carbocycles. The summed E-state index contributed by atoms with van der Waals surface area (Å²) in [6, 6.07) is 3.67. The average molecular weight is 288 g/mol. The number of nitrogens with two attached hydrogens (primary N) is 1. The second-order valence-corrected chi connectivity index (χ2v) is 3.86. The zero-order chi connectivity index (χ0) is 15.2. The zero-order valence-corrected chi connectivity index (χ0v) is 10.4. The van der Waals surface area contributed by atoms with Gasteiger partial charge in [-0.2, -0.15) is 13.2 Å². The first-order valence-electron chi connectivity index (χ1n) is 5.67. The molecular weight excluding hydrogens is 276 g/mol. The average Bonchev–Trinajstić information content (AvgIpc) is 2.35. The molecule has 0 aromatic heterocycles. The third kappa shape index (κ3) is 5.71. The topological polar surface area (TPSA) is 55.1 Å². The molecule has 0 saturated heterocycles. The Morgan fingerprint density at radius 2 is 2.05 bits per heavy atom. The molecule has 0 unspecified atom stereocenters. The minimum absolute atomic E-state index is 0.0768. The first kappa shape index (κ1) is 16.0. The normalized spacial score (nSPS) is 10.7. The number of rotatable bonds is 3. The van der Waals surface area contributed by atoms with E-state index in [9.17, 15) is 22.4 Å². The molecule has 108 valence electrons. The maximum atomic E-state index is 13.5. The van der Waals surface area contributed by atoms with Crippen molar-refractivity contribution in [3.05, 3.63) is 29.6 Å². The molecule has 0 aliphatic carbocycles. The van der Waals surface area contributed by atoms with E-state index in [-0.39, 0.29) is 17.8 Å². The fourth-order valence-electron chi connectivity index (χ4n) is 1.32. The summed E-state index contributed by atoms with van der Waals surface area (Å²) in [6.45, 7) is 0.0787. The number of hydrogen-bond donors (Lipinski definition) is 2. The largest absolute Gasteiger partial charge is 0.389 e. The first-order valence-corrected chi connectivity index (χ1v) is 5.67. The Kier molecular flexibility index (Phi) is 5.53. The SMILES string of the molecule is NCC#Cc1ccc(NC(=O)CCC(F)(F)F)cc1F. The van der Waals surface area contributed by atoms with Gasteiger partial charge in [-0.1, -0.05) is 11.8 Å². The van der Waals surface area contributed by atoms with E-state index in [1.165, 1.54) is 12.1 Å². The number of anilines is 1. The van der Waals surface area contributed by atoms with E-state index in [0.717, 1.165) is 6.07 Å². The Morgan fingerprint density at radius 1 is 1.35 bits per heavy atom. The molecule has 20 heavy (non-hydrogen) atoms. The molecular formula is C13H12F4N2O. The van der Waals surface area contributed by atoms with Crippen LogP contribution >= 0.6 is 0 Å². The fourth-order valence-corrected chi connectivity index (χ4v) is 1.32. The van der Waals surface area contributed by atoms with Crippen LogP contribution in [0.3, 0.4) is 0 Å². The highest BCUT2D eigenvalue weighted by Crippen LogP contribution is 2.22. The van der Waals surface area contributed by atoms with Crippen molar-refractivity contribution >= 4 is 11.6 Å². The van der Waals surface area contributed by atoms with Gasteiger partial charge in [0.1, 0.15) is 5.82 Å². The number of carbonyl (C=O) groups is 1. The van der Waals surface area contributed by atoms with E-state index in [2.05, 4.69) is 17.2 Å². The molecule has 0 aliphatic heterocycles. The van der Waals surface area contributed by atoms with E-state index in [1.807, 2.05) is 0 Å². The molecule has 0 bridgehead atoms. The van der Waals surface area contributed by atoms with Crippen LogP contribution in [0.25, 0.3) is 0 Å². The fraction of sp³-hybridized carbons (Fsp3) is 0.308. The molecule has 1 amide bonds. The molecule has 0 aliphatic rings. The van der Waals surface area contributed by atoms with Crippen LogP contribution in [0.1, 0.15) is 18.4 Å². The predicted molar refractivity (Wildman–Crippen MR) is 66.3 cm³/mol. The highest BCUT2D eigenvalue weighted by molar-refractivity contribution is 5.90. The van der Waals surface area contributed by atoms with Crippen molar-refractivity contribution in [3.63, 3.8) is 0 Å². The zero-order valence-electron chi connectivity index (χ0n) is 10.4. The summed E-state index contributed by atoms with van der Waals surface area (Å²) in [5.41, 5.74) is 5.32. The third-order valence-electron chi connectivity index (χ3n) is 2.21. The third-order valence-corrected chi connectivity index (χ3v) is 2.21. The van der Waals surface area contributed by atoms with Crippen molar-refractivity contribution in [2.75, 3.05) is 11.9 Å². The molecule has 0 radical (unpaired) electrons. The van der Waals surface area contributed by atoms with Crippen molar-refractivity contribution in [1.29, 1.82) is 0 Å². The smallest absolute Gasteiger partial charge is 0.326 e. The Hall–Kier alpha value is -2.07. The van der Waals surface area contributed by atoms with Crippen LogP contribution in [0.15, 0.2) is 18.2 Å². The molecule has 1 rings (SSSR count). The maximum Gasteiger partial charge on any atom is 0.389 e. The minimum atomic E-state index is -4.40. The molecule has 3 N–H and O–H groups in total. The summed E-state index contributed by atoms with van der Waals surface area (Å²) in [5.74, 6) is 3.44. The van der Waals surface area contributed by atoms with Gasteiger partial charge in [-0.3, -0.25) is 4.79 Å². The van der Waals surface area contributed by atoms with Crippen molar-refractivity contribution in [1.82, 2.24) is 0 Å². The maximum absolute atomic E-state index is 13.5. The second-order valence-electron chi connectivity index (χ2n) is 3.86. The Bertz CT molecular complexity index is 544.